The quantitative estimate of drug-likeness (QED) is 0.649. The van der Waals surface area contributed by atoms with Crippen LogP contribution in [0.25, 0.3) is 0 Å². The average Bonchev–Trinajstić information content (AvgIpc) is 2.52. The highest BCUT2D eigenvalue weighted by atomic mass is 16.6. The zero-order valence-electron chi connectivity index (χ0n) is 11.1. The molecule has 2 aromatic rings. The van der Waals surface area contributed by atoms with Crippen molar-refractivity contribution in [2.24, 2.45) is 0 Å². The standard InChI is InChI=1S/C15H13N3O3/c16-8-13-7-14(5-6-15(13)18(20)21)17-9-11-3-1-2-4-12(11)10-19/h1-7,17,19H,9-10H2. The van der Waals surface area contributed by atoms with Gasteiger partial charge in [0.2, 0.25) is 0 Å². The Balaban J connectivity index is 2.18. The third-order valence-electron chi connectivity index (χ3n) is 3.09. The molecule has 0 spiro atoms. The van der Waals surface area contributed by atoms with Gasteiger partial charge in [0.05, 0.1) is 11.5 Å². The Morgan fingerprint density at radius 1 is 1.24 bits per heavy atom. The van der Waals surface area contributed by atoms with Crippen molar-refractivity contribution in [1.29, 1.82) is 5.26 Å². The van der Waals surface area contributed by atoms with E-state index in [-0.39, 0.29) is 17.9 Å². The molecule has 0 heterocycles. The van der Waals surface area contributed by atoms with Crippen LogP contribution >= 0.6 is 0 Å². The van der Waals surface area contributed by atoms with Crippen molar-refractivity contribution in [2.75, 3.05) is 5.32 Å². The van der Waals surface area contributed by atoms with Crippen molar-refractivity contribution in [3.05, 3.63) is 69.3 Å². The maximum absolute atomic E-state index is 10.8. The number of aliphatic hydroxyl groups excluding tert-OH is 1. The summed E-state index contributed by atoms with van der Waals surface area (Å²) in [5.41, 5.74) is 2.16. The molecule has 21 heavy (non-hydrogen) atoms. The van der Waals surface area contributed by atoms with E-state index in [4.69, 9.17) is 5.26 Å². The third-order valence-corrected chi connectivity index (χ3v) is 3.09. The monoisotopic (exact) mass is 283 g/mol. The van der Waals surface area contributed by atoms with Crippen LogP contribution < -0.4 is 5.32 Å². The molecule has 0 radical (unpaired) electrons. The van der Waals surface area contributed by atoms with Gasteiger partial charge in [0.15, 0.2) is 0 Å². The second-order valence-corrected chi connectivity index (χ2v) is 4.38. The van der Waals surface area contributed by atoms with Crippen molar-refractivity contribution in [1.82, 2.24) is 0 Å². The van der Waals surface area contributed by atoms with Gasteiger partial charge in [-0.3, -0.25) is 10.1 Å². The number of nitriles is 1. The minimum Gasteiger partial charge on any atom is -0.392 e. The highest BCUT2D eigenvalue weighted by molar-refractivity contribution is 5.58. The van der Waals surface area contributed by atoms with Crippen molar-refractivity contribution in [2.45, 2.75) is 13.2 Å². The number of anilines is 1. The Morgan fingerprint density at radius 3 is 2.57 bits per heavy atom. The second-order valence-electron chi connectivity index (χ2n) is 4.38. The van der Waals surface area contributed by atoms with Gasteiger partial charge in [-0.15, -0.1) is 0 Å². The summed E-state index contributed by atoms with van der Waals surface area (Å²) in [6.07, 6.45) is 0. The molecular formula is C15H13N3O3. The number of nitro groups is 1. The van der Waals surface area contributed by atoms with Gasteiger partial charge in [-0.05, 0) is 23.3 Å². The van der Waals surface area contributed by atoms with E-state index in [1.807, 2.05) is 30.3 Å². The number of nitrogens with zero attached hydrogens (tertiary/aromatic N) is 2. The normalized spacial score (nSPS) is 9.90. The van der Waals surface area contributed by atoms with Gasteiger partial charge in [-0.1, -0.05) is 24.3 Å². The smallest absolute Gasteiger partial charge is 0.287 e. The number of rotatable bonds is 5. The molecule has 0 aliphatic carbocycles. The molecule has 0 amide bonds. The number of nitro benzene ring substituents is 1. The molecule has 0 fully saturated rings. The molecule has 106 valence electrons. The lowest BCUT2D eigenvalue weighted by Crippen LogP contribution is -2.03. The van der Waals surface area contributed by atoms with Crippen LogP contribution in [0.4, 0.5) is 11.4 Å². The molecule has 6 nitrogen and oxygen atoms in total. The summed E-state index contributed by atoms with van der Waals surface area (Å²) in [6, 6.07) is 13.5. The lowest BCUT2D eigenvalue weighted by molar-refractivity contribution is -0.385. The van der Waals surface area contributed by atoms with E-state index < -0.39 is 4.92 Å². The molecule has 0 aliphatic heterocycles. The van der Waals surface area contributed by atoms with Crippen molar-refractivity contribution < 1.29 is 10.0 Å². The number of hydrogen-bond acceptors (Lipinski definition) is 5. The van der Waals surface area contributed by atoms with Crippen molar-refractivity contribution in [3.63, 3.8) is 0 Å². The van der Waals surface area contributed by atoms with Crippen molar-refractivity contribution >= 4 is 11.4 Å². The summed E-state index contributed by atoms with van der Waals surface area (Å²) in [5, 5.41) is 32.0. The van der Waals surface area contributed by atoms with Gasteiger partial charge in [-0.25, -0.2) is 0 Å². The first-order valence-corrected chi connectivity index (χ1v) is 6.25. The van der Waals surface area contributed by atoms with Crippen LogP contribution in [-0.2, 0) is 13.2 Å². The minimum atomic E-state index is -0.580. The summed E-state index contributed by atoms with van der Waals surface area (Å²) in [7, 11) is 0. The van der Waals surface area contributed by atoms with Crippen LogP contribution in [-0.4, -0.2) is 10.0 Å². The van der Waals surface area contributed by atoms with E-state index in [1.54, 1.807) is 6.07 Å². The Labute approximate surface area is 121 Å². The van der Waals surface area contributed by atoms with Crippen LogP contribution in [0.2, 0.25) is 0 Å². The van der Waals surface area contributed by atoms with Gasteiger partial charge >= 0.3 is 0 Å². The van der Waals surface area contributed by atoms with Crippen LogP contribution in [0.5, 0.6) is 0 Å². The van der Waals surface area contributed by atoms with Crippen LogP contribution in [0.3, 0.4) is 0 Å². The van der Waals surface area contributed by atoms with Crippen LogP contribution in [0.15, 0.2) is 42.5 Å². The molecule has 2 aromatic carbocycles. The fourth-order valence-corrected chi connectivity index (χ4v) is 1.98. The lowest BCUT2D eigenvalue weighted by Gasteiger charge is -2.10. The van der Waals surface area contributed by atoms with E-state index in [1.165, 1.54) is 12.1 Å². The molecule has 0 unspecified atom stereocenters. The summed E-state index contributed by atoms with van der Waals surface area (Å²) >= 11 is 0. The largest absolute Gasteiger partial charge is 0.392 e. The van der Waals surface area contributed by atoms with Gasteiger partial charge in [0, 0.05) is 18.3 Å². The van der Waals surface area contributed by atoms with Gasteiger partial charge in [-0.2, -0.15) is 5.26 Å². The Hall–Kier alpha value is -2.91. The van der Waals surface area contributed by atoms with E-state index >= 15 is 0 Å². The zero-order chi connectivity index (χ0) is 15.2. The van der Waals surface area contributed by atoms with Crippen LogP contribution in [0.1, 0.15) is 16.7 Å². The third kappa shape index (κ3) is 3.35. The molecule has 0 aliphatic rings. The molecule has 0 bridgehead atoms. The summed E-state index contributed by atoms with van der Waals surface area (Å²) < 4.78 is 0. The zero-order valence-corrected chi connectivity index (χ0v) is 11.1. The molecule has 0 saturated heterocycles. The summed E-state index contributed by atoms with van der Waals surface area (Å²) in [6.45, 7) is 0.404. The van der Waals surface area contributed by atoms with E-state index in [9.17, 15) is 15.2 Å². The van der Waals surface area contributed by atoms with Gasteiger partial charge in [0.1, 0.15) is 11.6 Å². The highest BCUT2D eigenvalue weighted by Crippen LogP contribution is 2.22. The number of aliphatic hydroxyl groups is 1. The van der Waals surface area contributed by atoms with E-state index in [2.05, 4.69) is 5.32 Å². The topological polar surface area (TPSA) is 99.2 Å². The fraction of sp³-hybridized carbons (Fsp3) is 0.133. The molecular weight excluding hydrogens is 270 g/mol. The predicted molar refractivity (Wildman–Crippen MR) is 77.5 cm³/mol. The average molecular weight is 283 g/mol. The van der Waals surface area contributed by atoms with Crippen molar-refractivity contribution in [3.8, 4) is 6.07 Å². The Kier molecular flexibility index (Phi) is 4.49. The summed E-state index contributed by atoms with van der Waals surface area (Å²) in [4.78, 5) is 10.2. The Bertz CT molecular complexity index is 708. The van der Waals surface area contributed by atoms with Gasteiger partial charge < -0.3 is 10.4 Å². The molecule has 0 atom stereocenters. The molecule has 6 heteroatoms. The van der Waals surface area contributed by atoms with Gasteiger partial charge in [0.25, 0.3) is 5.69 Å². The molecule has 0 saturated carbocycles. The summed E-state index contributed by atoms with van der Waals surface area (Å²) in [5.74, 6) is 0. The van der Waals surface area contributed by atoms with E-state index in [0.29, 0.717) is 12.2 Å². The Morgan fingerprint density at radius 2 is 1.95 bits per heavy atom. The predicted octanol–water partition coefficient (Wildman–Crippen LogP) is 2.57. The molecule has 2 N–H and O–H groups in total. The SMILES string of the molecule is N#Cc1cc(NCc2ccccc2CO)ccc1[N+](=O)[O-]. The first kappa shape index (κ1) is 14.5. The molecule has 0 aromatic heterocycles. The number of hydrogen-bond donors (Lipinski definition) is 2. The number of benzene rings is 2. The molecule has 2 rings (SSSR count). The second kappa shape index (κ2) is 6.50. The fourth-order valence-electron chi connectivity index (χ4n) is 1.98. The highest BCUT2D eigenvalue weighted by Gasteiger charge is 2.13. The first-order valence-electron chi connectivity index (χ1n) is 6.25. The maximum Gasteiger partial charge on any atom is 0.287 e. The van der Waals surface area contributed by atoms with E-state index in [0.717, 1.165) is 11.1 Å². The minimum absolute atomic E-state index is 0.0143. The van der Waals surface area contributed by atoms with Crippen LogP contribution in [0, 0.1) is 21.4 Å². The first-order chi connectivity index (χ1) is 10.2. The lowest BCUT2D eigenvalue weighted by atomic mass is 10.1. The number of nitrogens with one attached hydrogen (secondary N) is 1. The maximum atomic E-state index is 10.8.